The van der Waals surface area contributed by atoms with E-state index >= 15 is 0 Å². The van der Waals surface area contributed by atoms with E-state index in [9.17, 15) is 9.50 Å². The van der Waals surface area contributed by atoms with Crippen LogP contribution in [0.25, 0.3) is 0 Å². The van der Waals surface area contributed by atoms with Crippen molar-refractivity contribution in [3.63, 3.8) is 0 Å². The maximum atomic E-state index is 13.2. The van der Waals surface area contributed by atoms with Crippen LogP contribution in [0.5, 0.6) is 0 Å². The topological polar surface area (TPSA) is 20.2 Å². The van der Waals surface area contributed by atoms with E-state index < -0.39 is 5.60 Å². The van der Waals surface area contributed by atoms with Crippen LogP contribution in [-0.4, -0.2) is 5.11 Å². The first-order valence-electron chi connectivity index (χ1n) is 4.96. The van der Waals surface area contributed by atoms with E-state index in [1.165, 1.54) is 6.07 Å². The molecule has 0 aromatic heterocycles. The molecule has 1 N–H and O–H groups in total. The zero-order valence-electron chi connectivity index (χ0n) is 8.97. The third-order valence-corrected chi connectivity index (χ3v) is 2.53. The fraction of sp³-hybridized carbons (Fsp3) is 0.500. The van der Waals surface area contributed by atoms with E-state index in [0.29, 0.717) is 17.5 Å². The Morgan fingerprint density at radius 3 is 2.57 bits per heavy atom. The van der Waals surface area contributed by atoms with Gasteiger partial charge in [0, 0.05) is 0 Å². The van der Waals surface area contributed by atoms with Gasteiger partial charge in [-0.1, -0.05) is 25.5 Å². The Labute approximate surface area is 84.6 Å². The van der Waals surface area contributed by atoms with Crippen molar-refractivity contribution in [3.05, 3.63) is 35.1 Å². The molecule has 0 aliphatic rings. The molecule has 0 saturated carbocycles. The summed E-state index contributed by atoms with van der Waals surface area (Å²) < 4.78 is 13.2. The van der Waals surface area contributed by atoms with Crippen molar-refractivity contribution in [2.75, 3.05) is 0 Å². The molecule has 0 fully saturated rings. The summed E-state index contributed by atoms with van der Waals surface area (Å²) in [6.45, 7) is 5.44. The van der Waals surface area contributed by atoms with Crippen LogP contribution in [0.1, 0.15) is 37.8 Å². The highest BCUT2D eigenvalue weighted by molar-refractivity contribution is 5.27. The number of hydrogen-bond donors (Lipinski definition) is 1. The second kappa shape index (κ2) is 4.09. The molecule has 1 aromatic rings. The summed E-state index contributed by atoms with van der Waals surface area (Å²) in [6, 6.07) is 4.91. The zero-order valence-corrected chi connectivity index (χ0v) is 8.97. The molecule has 0 aliphatic carbocycles. The molecule has 0 saturated heterocycles. The van der Waals surface area contributed by atoms with Gasteiger partial charge in [0.05, 0.1) is 5.60 Å². The lowest BCUT2D eigenvalue weighted by Gasteiger charge is -2.23. The minimum atomic E-state index is -0.913. The van der Waals surface area contributed by atoms with Gasteiger partial charge in [-0.05, 0) is 37.5 Å². The largest absolute Gasteiger partial charge is 0.385 e. The van der Waals surface area contributed by atoms with E-state index in [0.717, 1.165) is 6.42 Å². The Bertz CT molecular complexity index is 318. The molecular formula is C12H17FO. The molecular weight excluding hydrogens is 179 g/mol. The zero-order chi connectivity index (χ0) is 10.8. The van der Waals surface area contributed by atoms with Gasteiger partial charge < -0.3 is 5.11 Å². The molecule has 1 nitrogen and oxygen atoms in total. The SMILES string of the molecule is CCCC(C)(O)c1ccc(C)c(F)c1. The highest BCUT2D eigenvalue weighted by atomic mass is 19.1. The van der Waals surface area contributed by atoms with E-state index in [-0.39, 0.29) is 5.82 Å². The second-order valence-electron chi connectivity index (χ2n) is 3.99. The summed E-state index contributed by atoms with van der Waals surface area (Å²) in [5, 5.41) is 10.0. The lowest BCUT2D eigenvalue weighted by atomic mass is 9.91. The molecule has 1 aromatic carbocycles. The van der Waals surface area contributed by atoms with Gasteiger partial charge in [-0.25, -0.2) is 4.39 Å². The minimum Gasteiger partial charge on any atom is -0.385 e. The van der Waals surface area contributed by atoms with Crippen molar-refractivity contribution in [1.82, 2.24) is 0 Å². The van der Waals surface area contributed by atoms with Gasteiger partial charge in [0.2, 0.25) is 0 Å². The molecule has 1 unspecified atom stereocenters. The van der Waals surface area contributed by atoms with Crippen molar-refractivity contribution in [2.45, 2.75) is 39.2 Å². The molecule has 0 spiro atoms. The predicted octanol–water partition coefficient (Wildman–Crippen LogP) is 3.14. The van der Waals surface area contributed by atoms with Crippen LogP contribution < -0.4 is 0 Å². The third-order valence-electron chi connectivity index (χ3n) is 2.53. The van der Waals surface area contributed by atoms with Crippen LogP contribution in [0, 0.1) is 12.7 Å². The van der Waals surface area contributed by atoms with Crippen LogP contribution in [0.4, 0.5) is 4.39 Å². The lowest BCUT2D eigenvalue weighted by Crippen LogP contribution is -2.20. The normalized spacial score (nSPS) is 15.2. The van der Waals surface area contributed by atoms with Crippen molar-refractivity contribution >= 4 is 0 Å². The summed E-state index contributed by atoms with van der Waals surface area (Å²) in [4.78, 5) is 0. The number of benzene rings is 1. The first-order valence-corrected chi connectivity index (χ1v) is 4.96. The summed E-state index contributed by atoms with van der Waals surface area (Å²) >= 11 is 0. The Balaban J connectivity index is 3.01. The summed E-state index contributed by atoms with van der Waals surface area (Å²) in [7, 11) is 0. The van der Waals surface area contributed by atoms with Crippen LogP contribution in [-0.2, 0) is 5.60 Å². The lowest BCUT2D eigenvalue weighted by molar-refractivity contribution is 0.0466. The molecule has 0 radical (unpaired) electrons. The first kappa shape index (κ1) is 11.2. The molecule has 1 rings (SSSR count). The van der Waals surface area contributed by atoms with Gasteiger partial charge >= 0.3 is 0 Å². The van der Waals surface area contributed by atoms with Crippen molar-refractivity contribution in [1.29, 1.82) is 0 Å². The van der Waals surface area contributed by atoms with Gasteiger partial charge in [-0.15, -0.1) is 0 Å². The average molecular weight is 196 g/mol. The Morgan fingerprint density at radius 1 is 1.43 bits per heavy atom. The average Bonchev–Trinajstić information content (AvgIpc) is 2.09. The summed E-state index contributed by atoms with van der Waals surface area (Å²) in [5.74, 6) is -0.251. The van der Waals surface area contributed by atoms with E-state index in [1.54, 1.807) is 26.0 Å². The molecule has 0 heterocycles. The van der Waals surface area contributed by atoms with Crippen LogP contribution >= 0.6 is 0 Å². The standard InChI is InChI=1S/C12H17FO/c1-4-7-12(3,14)10-6-5-9(2)11(13)8-10/h5-6,8,14H,4,7H2,1-3H3. The van der Waals surface area contributed by atoms with Gasteiger partial charge in [0.25, 0.3) is 0 Å². The minimum absolute atomic E-state index is 0.251. The Morgan fingerprint density at radius 2 is 2.07 bits per heavy atom. The fourth-order valence-electron chi connectivity index (χ4n) is 1.56. The van der Waals surface area contributed by atoms with Crippen LogP contribution in [0.3, 0.4) is 0 Å². The number of halogens is 1. The Hall–Kier alpha value is -0.890. The Kier molecular flexibility index (Phi) is 3.27. The molecule has 78 valence electrons. The summed E-state index contributed by atoms with van der Waals surface area (Å²) in [5.41, 5.74) is 0.354. The monoisotopic (exact) mass is 196 g/mol. The van der Waals surface area contributed by atoms with Gasteiger partial charge in [0.15, 0.2) is 0 Å². The number of aryl methyl sites for hydroxylation is 1. The molecule has 0 aliphatic heterocycles. The van der Waals surface area contributed by atoms with Gasteiger partial charge in [0.1, 0.15) is 5.82 Å². The van der Waals surface area contributed by atoms with Gasteiger partial charge in [-0.2, -0.15) is 0 Å². The highest BCUT2D eigenvalue weighted by Crippen LogP contribution is 2.26. The van der Waals surface area contributed by atoms with E-state index in [4.69, 9.17) is 0 Å². The third kappa shape index (κ3) is 2.32. The summed E-state index contributed by atoms with van der Waals surface area (Å²) in [6.07, 6.45) is 1.53. The van der Waals surface area contributed by atoms with Crippen molar-refractivity contribution in [3.8, 4) is 0 Å². The number of rotatable bonds is 3. The quantitative estimate of drug-likeness (QED) is 0.787. The second-order valence-corrected chi connectivity index (χ2v) is 3.99. The number of hydrogen-bond acceptors (Lipinski definition) is 1. The van der Waals surface area contributed by atoms with Crippen molar-refractivity contribution in [2.24, 2.45) is 0 Å². The maximum Gasteiger partial charge on any atom is 0.126 e. The van der Waals surface area contributed by atoms with Gasteiger partial charge in [-0.3, -0.25) is 0 Å². The highest BCUT2D eigenvalue weighted by Gasteiger charge is 2.22. The smallest absolute Gasteiger partial charge is 0.126 e. The van der Waals surface area contributed by atoms with Crippen molar-refractivity contribution < 1.29 is 9.50 Å². The van der Waals surface area contributed by atoms with Crippen LogP contribution in [0.15, 0.2) is 18.2 Å². The molecule has 0 bridgehead atoms. The maximum absolute atomic E-state index is 13.2. The van der Waals surface area contributed by atoms with E-state index in [2.05, 4.69) is 0 Å². The molecule has 1 atom stereocenters. The molecule has 0 amide bonds. The number of aliphatic hydroxyl groups is 1. The van der Waals surface area contributed by atoms with E-state index in [1.807, 2.05) is 6.92 Å². The molecule has 2 heteroatoms. The molecule has 14 heavy (non-hydrogen) atoms. The van der Waals surface area contributed by atoms with Crippen LogP contribution in [0.2, 0.25) is 0 Å². The predicted molar refractivity (Wildman–Crippen MR) is 55.6 cm³/mol. The first-order chi connectivity index (χ1) is 6.47. The fourth-order valence-corrected chi connectivity index (χ4v) is 1.56.